The molecule has 3 fully saturated rings. The van der Waals surface area contributed by atoms with E-state index >= 15 is 0 Å². The average Bonchev–Trinajstić information content (AvgIpc) is 3.95. The van der Waals surface area contributed by atoms with Gasteiger partial charge in [-0.25, -0.2) is 18.2 Å². The summed E-state index contributed by atoms with van der Waals surface area (Å²) in [7, 11) is -0.916. The number of amides is 4. The van der Waals surface area contributed by atoms with Crippen LogP contribution in [0.2, 0.25) is 0 Å². The second-order valence-electron chi connectivity index (χ2n) is 14.0. The molecule has 6 atom stereocenters. The first-order chi connectivity index (χ1) is 23.0. The summed E-state index contributed by atoms with van der Waals surface area (Å²) in [6.07, 6.45) is 0.343. The van der Waals surface area contributed by atoms with E-state index in [-0.39, 0.29) is 31.2 Å². The van der Waals surface area contributed by atoms with Crippen molar-refractivity contribution < 1.29 is 46.5 Å². The van der Waals surface area contributed by atoms with Crippen molar-refractivity contribution in [3.05, 3.63) is 30.5 Å². The van der Waals surface area contributed by atoms with Gasteiger partial charge in [0.15, 0.2) is 0 Å². The molecule has 4 amide bonds. The highest BCUT2D eigenvalue weighted by Crippen LogP contribution is 2.44. The van der Waals surface area contributed by atoms with Crippen LogP contribution in [0.1, 0.15) is 60.3 Å². The summed E-state index contributed by atoms with van der Waals surface area (Å²) in [5, 5.41) is 6.22. The second-order valence-corrected chi connectivity index (χ2v) is 16.0. The van der Waals surface area contributed by atoms with Crippen molar-refractivity contribution in [3.63, 3.8) is 0 Å². The number of rotatable bonds is 12. The SMILES string of the molecule is COc1ccc2c(O[C@@H]3C[C@@H](C(=O)N[C@]4(C(=O)NS(=O)(=O)C5CC5)C[C@H]4C)N(C(=O)[C@@H](NC(=O)OC(C)(C)C)[C@@H](C)OC)C3)nccc2c1. The number of hydrogen-bond donors (Lipinski definition) is 3. The molecule has 15 nitrogen and oxygen atoms in total. The number of nitrogens with one attached hydrogen (secondary N) is 3. The number of aromatic nitrogens is 1. The Morgan fingerprint density at radius 3 is 2.39 bits per heavy atom. The second kappa shape index (κ2) is 13.6. The van der Waals surface area contributed by atoms with Crippen LogP contribution >= 0.6 is 0 Å². The molecule has 2 saturated carbocycles. The molecule has 49 heavy (non-hydrogen) atoms. The molecule has 2 heterocycles. The van der Waals surface area contributed by atoms with Crippen molar-refractivity contribution >= 4 is 44.6 Å². The minimum atomic E-state index is -3.86. The molecular weight excluding hydrogens is 658 g/mol. The van der Waals surface area contributed by atoms with E-state index in [0.717, 1.165) is 5.39 Å². The Balaban J connectivity index is 1.42. The number of benzene rings is 1. The van der Waals surface area contributed by atoms with E-state index in [1.807, 2.05) is 6.07 Å². The number of alkyl carbamates (subject to hydrolysis) is 1. The van der Waals surface area contributed by atoms with E-state index in [9.17, 15) is 27.6 Å². The maximum atomic E-state index is 14.2. The number of likely N-dealkylation sites (tertiary alicyclic amines) is 1. The molecule has 268 valence electrons. The number of methoxy groups -OCH3 is 2. The number of hydrogen-bond acceptors (Lipinski definition) is 11. The van der Waals surface area contributed by atoms with Crippen LogP contribution in [-0.4, -0.2) is 104 Å². The molecule has 2 aromatic rings. The topological polar surface area (TPSA) is 192 Å². The molecule has 1 aromatic heterocycles. The predicted octanol–water partition coefficient (Wildman–Crippen LogP) is 2.02. The summed E-state index contributed by atoms with van der Waals surface area (Å²) >= 11 is 0. The fraction of sp³-hybridized carbons (Fsp3) is 0.606. The quantitative estimate of drug-likeness (QED) is 0.293. The van der Waals surface area contributed by atoms with Crippen molar-refractivity contribution in [1.82, 2.24) is 25.2 Å². The van der Waals surface area contributed by atoms with E-state index < -0.39 is 74.5 Å². The van der Waals surface area contributed by atoms with Crippen molar-refractivity contribution in [2.75, 3.05) is 20.8 Å². The Morgan fingerprint density at radius 2 is 1.80 bits per heavy atom. The van der Waals surface area contributed by atoms with Gasteiger partial charge in [-0.05, 0) is 82.5 Å². The summed E-state index contributed by atoms with van der Waals surface area (Å²) < 4.78 is 49.8. The summed E-state index contributed by atoms with van der Waals surface area (Å²) in [4.78, 5) is 60.1. The number of sulfonamides is 1. The van der Waals surface area contributed by atoms with Crippen LogP contribution in [0.3, 0.4) is 0 Å². The Hall–Kier alpha value is -4.18. The van der Waals surface area contributed by atoms with Crippen molar-refractivity contribution in [2.45, 2.75) is 101 Å². The van der Waals surface area contributed by atoms with Crippen molar-refractivity contribution in [3.8, 4) is 11.6 Å². The van der Waals surface area contributed by atoms with Crippen LogP contribution in [0.15, 0.2) is 30.5 Å². The van der Waals surface area contributed by atoms with Gasteiger partial charge in [0.25, 0.3) is 5.91 Å². The van der Waals surface area contributed by atoms with Crippen molar-refractivity contribution in [2.24, 2.45) is 5.92 Å². The number of carbonyl (C=O) groups is 4. The molecule has 1 aromatic carbocycles. The Labute approximate surface area is 285 Å². The van der Waals surface area contributed by atoms with Crippen LogP contribution in [0.4, 0.5) is 4.79 Å². The molecule has 0 unspecified atom stereocenters. The first-order valence-corrected chi connectivity index (χ1v) is 17.8. The lowest BCUT2D eigenvalue weighted by molar-refractivity contribution is -0.143. The molecule has 3 N–H and O–H groups in total. The third-order valence-corrected chi connectivity index (χ3v) is 10.9. The molecular formula is C33H45N5O10S. The van der Waals surface area contributed by atoms with Gasteiger partial charge in [-0.15, -0.1) is 0 Å². The zero-order chi connectivity index (χ0) is 35.9. The first kappa shape index (κ1) is 36.1. The molecule has 2 aliphatic carbocycles. The van der Waals surface area contributed by atoms with Gasteiger partial charge in [0.1, 0.15) is 35.1 Å². The van der Waals surface area contributed by atoms with Gasteiger partial charge in [-0.1, -0.05) is 6.92 Å². The monoisotopic (exact) mass is 703 g/mol. The van der Waals surface area contributed by atoms with E-state index in [1.54, 1.807) is 66.1 Å². The number of fused-ring (bicyclic) bond motifs is 1. The fourth-order valence-electron chi connectivity index (χ4n) is 5.97. The normalized spacial score (nSPS) is 24.8. The lowest BCUT2D eigenvalue weighted by Crippen LogP contribution is -2.60. The van der Waals surface area contributed by atoms with Gasteiger partial charge < -0.3 is 34.5 Å². The number of nitrogens with zero attached hydrogens (tertiary/aromatic N) is 2. The van der Waals surface area contributed by atoms with Crippen LogP contribution in [-0.2, 0) is 33.9 Å². The van der Waals surface area contributed by atoms with Gasteiger partial charge in [0.2, 0.25) is 27.7 Å². The summed E-state index contributed by atoms with van der Waals surface area (Å²) in [6, 6.07) is 4.78. The van der Waals surface area contributed by atoms with E-state index in [2.05, 4.69) is 20.3 Å². The van der Waals surface area contributed by atoms with Crippen LogP contribution in [0.5, 0.6) is 11.6 Å². The molecule has 1 aliphatic heterocycles. The van der Waals surface area contributed by atoms with Crippen LogP contribution in [0, 0.1) is 5.92 Å². The third kappa shape index (κ3) is 8.01. The number of ether oxygens (including phenoxy) is 4. The predicted molar refractivity (Wildman–Crippen MR) is 177 cm³/mol. The minimum absolute atomic E-state index is 0.0127. The molecule has 0 radical (unpaired) electrons. The van der Waals surface area contributed by atoms with Gasteiger partial charge in [-0.3, -0.25) is 19.1 Å². The maximum absolute atomic E-state index is 14.2. The zero-order valence-electron chi connectivity index (χ0n) is 28.8. The standard InChI is InChI=1S/C33H45N5O10S/c1-18-16-33(18,30(41)37-49(43,44)23-9-10-23)36-27(39)25-15-22(47-28-24-11-8-21(46-7)14-20(24)12-13-34-28)17-38(25)29(40)26(19(2)45-6)35-31(42)48-32(3,4)5/h8,11-14,18-19,22-23,25-26H,9-10,15-17H2,1-7H3,(H,35,42)(H,36,39)(H,37,41)/t18-,19-,22-,25+,26+,33-/m1/s1. The lowest BCUT2D eigenvalue weighted by atomic mass is 10.1. The van der Waals surface area contributed by atoms with Gasteiger partial charge in [0, 0.05) is 25.1 Å². The molecule has 16 heteroatoms. The molecule has 0 bridgehead atoms. The zero-order valence-corrected chi connectivity index (χ0v) is 29.6. The Bertz CT molecular complexity index is 1730. The third-order valence-electron chi connectivity index (χ3n) is 9.10. The highest BCUT2D eigenvalue weighted by atomic mass is 32.2. The molecule has 1 saturated heterocycles. The largest absolute Gasteiger partial charge is 0.497 e. The van der Waals surface area contributed by atoms with Gasteiger partial charge in [0.05, 0.1) is 25.0 Å². The van der Waals surface area contributed by atoms with Gasteiger partial charge >= 0.3 is 6.09 Å². The first-order valence-electron chi connectivity index (χ1n) is 16.3. The highest BCUT2D eigenvalue weighted by molar-refractivity contribution is 7.91. The summed E-state index contributed by atoms with van der Waals surface area (Å²) in [5.74, 6) is -1.54. The summed E-state index contributed by atoms with van der Waals surface area (Å²) in [5.41, 5.74) is -2.31. The smallest absolute Gasteiger partial charge is 0.408 e. The van der Waals surface area contributed by atoms with Crippen LogP contribution < -0.4 is 24.8 Å². The Kier molecular flexibility index (Phi) is 10.0. The Morgan fingerprint density at radius 1 is 1.10 bits per heavy atom. The summed E-state index contributed by atoms with van der Waals surface area (Å²) in [6.45, 7) is 8.31. The van der Waals surface area contributed by atoms with E-state index in [0.29, 0.717) is 24.0 Å². The highest BCUT2D eigenvalue weighted by Gasteiger charge is 2.61. The molecule has 0 spiro atoms. The lowest BCUT2D eigenvalue weighted by Gasteiger charge is -2.32. The molecule has 5 rings (SSSR count). The fourth-order valence-corrected chi connectivity index (χ4v) is 7.33. The van der Waals surface area contributed by atoms with Crippen molar-refractivity contribution in [1.29, 1.82) is 0 Å². The minimum Gasteiger partial charge on any atom is -0.497 e. The average molecular weight is 704 g/mol. The van der Waals surface area contributed by atoms with E-state index in [1.165, 1.54) is 12.0 Å². The van der Waals surface area contributed by atoms with Crippen LogP contribution in [0.25, 0.3) is 10.8 Å². The number of pyridine rings is 1. The van der Waals surface area contributed by atoms with Gasteiger partial charge in [-0.2, -0.15) is 0 Å². The number of carbonyl (C=O) groups excluding carboxylic acids is 4. The molecule has 3 aliphatic rings. The maximum Gasteiger partial charge on any atom is 0.408 e. The van der Waals surface area contributed by atoms with E-state index in [4.69, 9.17) is 18.9 Å².